The summed E-state index contributed by atoms with van der Waals surface area (Å²) in [5.74, 6) is 0.669. The van der Waals surface area contributed by atoms with Gasteiger partial charge in [-0.1, -0.05) is 23.4 Å². The van der Waals surface area contributed by atoms with Crippen LogP contribution in [0.1, 0.15) is 18.4 Å². The van der Waals surface area contributed by atoms with E-state index in [1.165, 1.54) is 6.21 Å². The molecule has 116 valence electrons. The van der Waals surface area contributed by atoms with E-state index in [1.807, 2.05) is 12.1 Å². The third-order valence-corrected chi connectivity index (χ3v) is 3.91. The predicted molar refractivity (Wildman–Crippen MR) is 83.7 cm³/mol. The van der Waals surface area contributed by atoms with E-state index in [2.05, 4.69) is 22.6 Å². The molecule has 1 saturated heterocycles. The molecule has 0 spiro atoms. The summed E-state index contributed by atoms with van der Waals surface area (Å²) < 4.78 is 5.81. The number of nitrogens with one attached hydrogen (secondary N) is 1. The first-order valence-corrected chi connectivity index (χ1v) is 7.46. The van der Waals surface area contributed by atoms with Crippen molar-refractivity contribution in [3.8, 4) is 5.75 Å². The SMILES string of the molecule is O=C1NCCN1CCOc1ccc2c(c1/C=N\O)=CCCC=2. The van der Waals surface area contributed by atoms with E-state index in [9.17, 15) is 4.79 Å². The molecule has 0 bridgehead atoms. The van der Waals surface area contributed by atoms with Crippen LogP contribution in [0.3, 0.4) is 0 Å². The molecule has 2 N–H and O–H groups in total. The average molecular weight is 301 g/mol. The highest BCUT2D eigenvalue weighted by atomic mass is 16.5. The lowest BCUT2D eigenvalue weighted by Crippen LogP contribution is -2.33. The van der Waals surface area contributed by atoms with Gasteiger partial charge in [-0.15, -0.1) is 0 Å². The van der Waals surface area contributed by atoms with Crippen LogP contribution in [0.15, 0.2) is 17.3 Å². The Bertz CT molecular complexity index is 712. The number of oxime groups is 1. The van der Waals surface area contributed by atoms with Crippen LogP contribution in [-0.2, 0) is 0 Å². The first-order valence-electron chi connectivity index (χ1n) is 7.46. The monoisotopic (exact) mass is 301 g/mol. The number of hydrogen-bond acceptors (Lipinski definition) is 4. The van der Waals surface area contributed by atoms with Gasteiger partial charge in [0, 0.05) is 18.7 Å². The minimum atomic E-state index is -0.0471. The number of benzene rings is 1. The molecule has 0 aromatic heterocycles. The lowest BCUT2D eigenvalue weighted by molar-refractivity contribution is 0.202. The van der Waals surface area contributed by atoms with E-state index >= 15 is 0 Å². The van der Waals surface area contributed by atoms with Crippen LogP contribution in [0, 0.1) is 0 Å². The Morgan fingerprint density at radius 1 is 1.36 bits per heavy atom. The number of carbonyl (C=O) groups is 1. The molecule has 0 saturated carbocycles. The highest BCUT2D eigenvalue weighted by molar-refractivity contribution is 5.84. The summed E-state index contributed by atoms with van der Waals surface area (Å²) in [5.41, 5.74) is 0.779. The van der Waals surface area contributed by atoms with E-state index in [0.717, 1.165) is 28.8 Å². The molecule has 0 unspecified atom stereocenters. The molecule has 2 amide bonds. The second-order valence-corrected chi connectivity index (χ2v) is 5.28. The van der Waals surface area contributed by atoms with Crippen molar-refractivity contribution in [3.05, 3.63) is 28.1 Å². The average Bonchev–Trinajstić information content (AvgIpc) is 2.95. The minimum absolute atomic E-state index is 0.0471. The molecular weight excluding hydrogens is 282 g/mol. The maximum atomic E-state index is 11.5. The summed E-state index contributed by atoms with van der Waals surface area (Å²) in [5, 5.41) is 17.0. The highest BCUT2D eigenvalue weighted by Gasteiger charge is 2.18. The Hall–Kier alpha value is -2.50. The molecule has 0 radical (unpaired) electrons. The fourth-order valence-corrected chi connectivity index (χ4v) is 2.81. The summed E-state index contributed by atoms with van der Waals surface area (Å²) in [6.07, 6.45) is 7.70. The number of nitrogens with zero attached hydrogens (tertiary/aromatic N) is 2. The van der Waals surface area contributed by atoms with Crippen LogP contribution in [0.4, 0.5) is 4.79 Å². The van der Waals surface area contributed by atoms with E-state index in [0.29, 0.717) is 32.0 Å². The van der Waals surface area contributed by atoms with Crippen LogP contribution >= 0.6 is 0 Å². The van der Waals surface area contributed by atoms with E-state index < -0.39 is 0 Å². The molecule has 6 heteroatoms. The maximum absolute atomic E-state index is 11.5. The summed E-state index contributed by atoms with van der Waals surface area (Å²) in [6, 6.07) is 3.85. The number of carbonyl (C=O) groups excluding carboxylic acids is 1. The van der Waals surface area contributed by atoms with Crippen molar-refractivity contribution in [1.82, 2.24) is 10.2 Å². The zero-order chi connectivity index (χ0) is 15.4. The molecule has 22 heavy (non-hydrogen) atoms. The molecule has 1 aromatic rings. The Morgan fingerprint density at radius 2 is 2.23 bits per heavy atom. The van der Waals surface area contributed by atoms with Crippen molar-refractivity contribution < 1.29 is 14.7 Å². The zero-order valence-corrected chi connectivity index (χ0v) is 12.3. The van der Waals surface area contributed by atoms with Gasteiger partial charge >= 0.3 is 6.03 Å². The second-order valence-electron chi connectivity index (χ2n) is 5.28. The molecule has 1 aliphatic carbocycles. The Balaban J connectivity index is 1.77. The molecule has 6 nitrogen and oxygen atoms in total. The van der Waals surface area contributed by atoms with Gasteiger partial charge in [-0.05, 0) is 29.3 Å². The predicted octanol–water partition coefficient (Wildman–Crippen LogP) is 0.254. The lowest BCUT2D eigenvalue weighted by atomic mass is 10.0. The number of amides is 2. The van der Waals surface area contributed by atoms with Gasteiger partial charge in [-0.25, -0.2) is 4.79 Å². The molecule has 1 aliphatic heterocycles. The number of rotatable bonds is 5. The van der Waals surface area contributed by atoms with Gasteiger partial charge in [0.2, 0.25) is 0 Å². The third kappa shape index (κ3) is 2.90. The van der Waals surface area contributed by atoms with Crippen molar-refractivity contribution in [2.45, 2.75) is 12.8 Å². The smallest absolute Gasteiger partial charge is 0.317 e. The highest BCUT2D eigenvalue weighted by Crippen LogP contribution is 2.13. The van der Waals surface area contributed by atoms with Gasteiger partial charge < -0.3 is 20.2 Å². The number of fused-ring (bicyclic) bond motifs is 1. The van der Waals surface area contributed by atoms with Crippen molar-refractivity contribution in [2.24, 2.45) is 5.16 Å². The molecule has 1 heterocycles. The zero-order valence-electron chi connectivity index (χ0n) is 12.3. The largest absolute Gasteiger partial charge is 0.491 e. The summed E-state index contributed by atoms with van der Waals surface area (Å²) >= 11 is 0. The molecular formula is C16H19N3O3. The summed E-state index contributed by atoms with van der Waals surface area (Å²) in [7, 11) is 0. The van der Waals surface area contributed by atoms with Gasteiger partial charge in [-0.2, -0.15) is 0 Å². The van der Waals surface area contributed by atoms with Crippen molar-refractivity contribution in [3.63, 3.8) is 0 Å². The van der Waals surface area contributed by atoms with Crippen molar-refractivity contribution >= 4 is 24.4 Å². The van der Waals surface area contributed by atoms with Crippen LogP contribution < -0.4 is 20.5 Å². The van der Waals surface area contributed by atoms with Gasteiger partial charge in [-0.3, -0.25) is 0 Å². The fourth-order valence-electron chi connectivity index (χ4n) is 2.81. The van der Waals surface area contributed by atoms with E-state index in [-0.39, 0.29) is 6.03 Å². The molecule has 3 rings (SSSR count). The van der Waals surface area contributed by atoms with Gasteiger partial charge in [0.25, 0.3) is 0 Å². The quantitative estimate of drug-likeness (QED) is 0.465. The molecule has 0 atom stereocenters. The van der Waals surface area contributed by atoms with Crippen LogP contribution in [0.25, 0.3) is 12.2 Å². The first kappa shape index (κ1) is 14.4. The standard InChI is InChI=1S/C16H19N3O3/c20-16-17-7-8-19(16)9-10-22-15-6-5-12-3-1-2-4-13(12)14(15)11-18-21/h3-6,11,21H,1-2,7-10H2,(H,17,20)/b18-11-. The Labute approximate surface area is 128 Å². The fraction of sp³-hybridized carbons (Fsp3) is 0.375. The topological polar surface area (TPSA) is 74.2 Å². The van der Waals surface area contributed by atoms with Gasteiger partial charge in [0.1, 0.15) is 12.4 Å². The normalized spacial score (nSPS) is 16.9. The van der Waals surface area contributed by atoms with Gasteiger partial charge in [0.15, 0.2) is 0 Å². The third-order valence-electron chi connectivity index (χ3n) is 3.91. The van der Waals surface area contributed by atoms with Crippen molar-refractivity contribution in [1.29, 1.82) is 0 Å². The molecule has 1 fully saturated rings. The van der Waals surface area contributed by atoms with Crippen molar-refractivity contribution in [2.75, 3.05) is 26.2 Å². The van der Waals surface area contributed by atoms with Gasteiger partial charge in [0.05, 0.1) is 12.8 Å². The Morgan fingerprint density at radius 3 is 3.00 bits per heavy atom. The lowest BCUT2D eigenvalue weighted by Gasteiger charge is -2.16. The maximum Gasteiger partial charge on any atom is 0.317 e. The number of urea groups is 1. The number of hydrogen-bond donors (Lipinski definition) is 2. The Kier molecular flexibility index (Phi) is 4.27. The van der Waals surface area contributed by atoms with Crippen LogP contribution in [-0.4, -0.2) is 48.6 Å². The summed E-state index contributed by atoms with van der Waals surface area (Å²) in [4.78, 5) is 13.2. The molecule has 2 aliphatic rings. The minimum Gasteiger partial charge on any atom is -0.491 e. The van der Waals surface area contributed by atoms with E-state index in [1.54, 1.807) is 4.90 Å². The summed E-state index contributed by atoms with van der Waals surface area (Å²) in [6.45, 7) is 2.33. The first-order chi connectivity index (χ1) is 10.8. The molecule has 1 aromatic carbocycles. The number of ether oxygens (including phenoxy) is 1. The second kappa shape index (κ2) is 6.51. The van der Waals surface area contributed by atoms with Crippen LogP contribution in [0.2, 0.25) is 0 Å². The van der Waals surface area contributed by atoms with E-state index in [4.69, 9.17) is 9.94 Å². The van der Waals surface area contributed by atoms with Crippen LogP contribution in [0.5, 0.6) is 5.75 Å².